The van der Waals surface area contributed by atoms with Crippen molar-refractivity contribution in [2.45, 2.75) is 32.5 Å². The van der Waals surface area contributed by atoms with Crippen LogP contribution in [-0.2, 0) is 17.8 Å². The predicted molar refractivity (Wildman–Crippen MR) is 144 cm³/mol. The van der Waals surface area contributed by atoms with Gasteiger partial charge in [-0.3, -0.25) is 25.0 Å². The summed E-state index contributed by atoms with van der Waals surface area (Å²) in [6, 6.07) is 8.82. The van der Waals surface area contributed by atoms with Crippen LogP contribution in [-0.4, -0.2) is 74.4 Å². The first-order valence-corrected chi connectivity index (χ1v) is 12.7. The lowest BCUT2D eigenvalue weighted by Gasteiger charge is -2.26. The monoisotopic (exact) mass is 534 g/mol. The van der Waals surface area contributed by atoms with Crippen molar-refractivity contribution in [3.8, 4) is 17.0 Å². The molecule has 3 aromatic heterocycles. The van der Waals surface area contributed by atoms with E-state index in [0.29, 0.717) is 30.0 Å². The molecule has 0 bridgehead atoms. The number of benzene rings is 1. The average molecular weight is 535 g/mol. The molecule has 4 heterocycles. The van der Waals surface area contributed by atoms with Gasteiger partial charge in [-0.25, -0.2) is 9.37 Å². The van der Waals surface area contributed by atoms with Crippen LogP contribution in [0.15, 0.2) is 48.9 Å². The fraction of sp³-hybridized carbons (Fsp3) is 0.357. The van der Waals surface area contributed by atoms with E-state index in [0.717, 1.165) is 30.7 Å². The minimum atomic E-state index is -1.09. The standard InChI is InChI=1S/C28H31FN6O4/c1-28(2,37)17-35-22-5-4-18(16-34-10-12-39-13-11-34)14-21(22)32-27(35)33-26(36)19-6-9-31-25(24(19)29)20-15-30-8-7-23(20)38-3/h4-9,14-15,37H,10-13,16-17H2,1-3H3,(H,32,33,36). The Labute approximate surface area is 225 Å². The Kier molecular flexibility index (Phi) is 7.56. The topological polar surface area (TPSA) is 115 Å². The Hall–Kier alpha value is -3.93. The first-order valence-electron chi connectivity index (χ1n) is 12.7. The summed E-state index contributed by atoms with van der Waals surface area (Å²) >= 11 is 0. The van der Waals surface area contributed by atoms with Gasteiger partial charge in [-0.1, -0.05) is 6.07 Å². The van der Waals surface area contributed by atoms with Gasteiger partial charge in [0.25, 0.3) is 5.91 Å². The van der Waals surface area contributed by atoms with Gasteiger partial charge < -0.3 is 19.1 Å². The van der Waals surface area contributed by atoms with E-state index in [1.54, 1.807) is 24.5 Å². The van der Waals surface area contributed by atoms with Gasteiger partial charge in [0, 0.05) is 38.2 Å². The second-order valence-electron chi connectivity index (χ2n) is 10.1. The number of methoxy groups -OCH3 is 1. The number of nitrogens with zero attached hydrogens (tertiary/aromatic N) is 5. The second-order valence-corrected chi connectivity index (χ2v) is 10.1. The number of imidazole rings is 1. The van der Waals surface area contributed by atoms with E-state index in [2.05, 4.69) is 25.2 Å². The molecule has 1 amide bonds. The van der Waals surface area contributed by atoms with E-state index in [9.17, 15) is 9.90 Å². The van der Waals surface area contributed by atoms with Crippen LogP contribution >= 0.6 is 0 Å². The molecule has 11 heteroatoms. The average Bonchev–Trinajstić information content (AvgIpc) is 3.23. The predicted octanol–water partition coefficient (Wildman–Crippen LogP) is 3.50. The van der Waals surface area contributed by atoms with Gasteiger partial charge in [0.2, 0.25) is 5.95 Å². The highest BCUT2D eigenvalue weighted by Crippen LogP contribution is 2.31. The number of aromatic nitrogens is 4. The van der Waals surface area contributed by atoms with Gasteiger partial charge in [0.1, 0.15) is 11.4 Å². The van der Waals surface area contributed by atoms with Crippen molar-refractivity contribution in [3.63, 3.8) is 0 Å². The molecule has 1 aliphatic heterocycles. The Morgan fingerprint density at radius 2 is 2.00 bits per heavy atom. The third-order valence-corrected chi connectivity index (χ3v) is 6.48. The Balaban J connectivity index is 1.48. The molecule has 10 nitrogen and oxygen atoms in total. The van der Waals surface area contributed by atoms with E-state index in [4.69, 9.17) is 9.47 Å². The highest BCUT2D eigenvalue weighted by molar-refractivity contribution is 6.05. The SMILES string of the molecule is COc1ccncc1-c1nccc(C(=O)Nc2nc3cc(CN4CCOCC4)ccc3n2CC(C)(C)O)c1F. The molecular weight excluding hydrogens is 503 g/mol. The van der Waals surface area contributed by atoms with Gasteiger partial charge in [-0.15, -0.1) is 0 Å². The number of hydrogen-bond donors (Lipinski definition) is 2. The number of morpholine rings is 1. The van der Waals surface area contributed by atoms with Gasteiger partial charge >= 0.3 is 0 Å². The fourth-order valence-electron chi connectivity index (χ4n) is 4.65. The zero-order valence-electron chi connectivity index (χ0n) is 22.1. The largest absolute Gasteiger partial charge is 0.496 e. The van der Waals surface area contributed by atoms with Crippen molar-refractivity contribution < 1.29 is 23.8 Å². The smallest absolute Gasteiger partial charge is 0.261 e. The van der Waals surface area contributed by atoms with Crippen molar-refractivity contribution in [1.29, 1.82) is 0 Å². The summed E-state index contributed by atoms with van der Waals surface area (Å²) in [5, 5.41) is 13.3. The Morgan fingerprint density at radius 1 is 1.21 bits per heavy atom. The number of carbonyl (C=O) groups excluding carboxylic acids is 1. The molecule has 1 aliphatic rings. The number of amides is 1. The normalized spacial score (nSPS) is 14.5. The first-order chi connectivity index (χ1) is 18.7. The summed E-state index contributed by atoms with van der Waals surface area (Å²) in [5.74, 6) is -0.912. The molecule has 0 radical (unpaired) electrons. The van der Waals surface area contributed by atoms with E-state index >= 15 is 4.39 Å². The number of ether oxygens (including phenoxy) is 2. The Morgan fingerprint density at radius 3 is 2.74 bits per heavy atom. The van der Waals surface area contributed by atoms with Crippen LogP contribution in [0.2, 0.25) is 0 Å². The number of halogens is 1. The highest BCUT2D eigenvalue weighted by atomic mass is 19.1. The third kappa shape index (κ3) is 5.90. The maximum atomic E-state index is 15.6. The van der Waals surface area contributed by atoms with Crippen molar-refractivity contribution in [2.24, 2.45) is 0 Å². The fourth-order valence-corrected chi connectivity index (χ4v) is 4.65. The lowest BCUT2D eigenvalue weighted by atomic mass is 10.1. The summed E-state index contributed by atoms with van der Waals surface area (Å²) in [4.78, 5) is 28.5. The molecule has 0 saturated carbocycles. The molecule has 1 saturated heterocycles. The summed E-state index contributed by atoms with van der Waals surface area (Å²) in [7, 11) is 1.47. The molecule has 0 spiro atoms. The molecule has 0 atom stereocenters. The number of hydrogen-bond acceptors (Lipinski definition) is 8. The number of pyridine rings is 2. The summed E-state index contributed by atoms with van der Waals surface area (Å²) in [5.41, 5.74) is 1.46. The zero-order valence-corrected chi connectivity index (χ0v) is 22.1. The summed E-state index contributed by atoms with van der Waals surface area (Å²) in [6.45, 7) is 7.40. The number of anilines is 1. The molecular formula is C28H31FN6O4. The van der Waals surface area contributed by atoms with Crippen LogP contribution in [0, 0.1) is 5.82 Å². The van der Waals surface area contributed by atoms with E-state index < -0.39 is 17.3 Å². The van der Waals surface area contributed by atoms with Crippen LogP contribution in [0.5, 0.6) is 5.75 Å². The van der Waals surface area contributed by atoms with Crippen molar-refractivity contribution in [1.82, 2.24) is 24.4 Å². The molecule has 1 fully saturated rings. The van der Waals surface area contributed by atoms with Gasteiger partial charge in [0.15, 0.2) is 5.82 Å². The molecule has 0 unspecified atom stereocenters. The van der Waals surface area contributed by atoms with Crippen LogP contribution in [0.1, 0.15) is 29.8 Å². The molecule has 2 N–H and O–H groups in total. The molecule has 204 valence electrons. The minimum absolute atomic E-state index is 0.0506. The van der Waals surface area contributed by atoms with Crippen LogP contribution in [0.4, 0.5) is 10.3 Å². The van der Waals surface area contributed by atoms with Gasteiger partial charge in [-0.05, 0) is 43.7 Å². The van der Waals surface area contributed by atoms with Crippen LogP contribution in [0.25, 0.3) is 22.3 Å². The minimum Gasteiger partial charge on any atom is -0.496 e. The molecule has 39 heavy (non-hydrogen) atoms. The number of carbonyl (C=O) groups is 1. The first kappa shape index (κ1) is 26.7. The quantitative estimate of drug-likeness (QED) is 0.353. The molecule has 1 aromatic carbocycles. The summed E-state index contributed by atoms with van der Waals surface area (Å²) in [6.07, 6.45) is 4.32. The molecule has 5 rings (SSSR count). The second kappa shape index (κ2) is 11.0. The van der Waals surface area contributed by atoms with E-state index in [1.165, 1.54) is 31.8 Å². The number of nitrogens with one attached hydrogen (secondary N) is 1. The van der Waals surface area contributed by atoms with Crippen molar-refractivity contribution >= 4 is 22.9 Å². The number of aliphatic hydroxyl groups is 1. The number of rotatable bonds is 8. The molecule has 0 aliphatic carbocycles. The zero-order chi connectivity index (χ0) is 27.6. The lowest BCUT2D eigenvalue weighted by Crippen LogP contribution is -2.35. The maximum Gasteiger partial charge on any atom is 0.261 e. The summed E-state index contributed by atoms with van der Waals surface area (Å²) < 4.78 is 28.1. The lowest BCUT2D eigenvalue weighted by molar-refractivity contribution is 0.0342. The number of fused-ring (bicyclic) bond motifs is 1. The van der Waals surface area contributed by atoms with Gasteiger partial charge in [0.05, 0.1) is 54.6 Å². The van der Waals surface area contributed by atoms with Crippen LogP contribution < -0.4 is 10.1 Å². The highest BCUT2D eigenvalue weighted by Gasteiger charge is 2.24. The van der Waals surface area contributed by atoms with E-state index in [1.807, 2.05) is 18.2 Å². The Bertz CT molecular complexity index is 1490. The third-order valence-electron chi connectivity index (χ3n) is 6.48. The van der Waals surface area contributed by atoms with Crippen molar-refractivity contribution in [3.05, 3.63) is 65.9 Å². The van der Waals surface area contributed by atoms with Crippen molar-refractivity contribution in [2.75, 3.05) is 38.7 Å². The van der Waals surface area contributed by atoms with Crippen LogP contribution in [0.3, 0.4) is 0 Å². The van der Waals surface area contributed by atoms with E-state index in [-0.39, 0.29) is 23.8 Å². The van der Waals surface area contributed by atoms with Gasteiger partial charge in [-0.2, -0.15) is 0 Å². The molecule has 4 aromatic rings. The maximum absolute atomic E-state index is 15.6.